The molecule has 8 heteroatoms. The highest BCUT2D eigenvalue weighted by molar-refractivity contribution is 9.10. The molecule has 2 aromatic rings. The number of nitrogens with two attached hydrogens (primary N) is 1. The van der Waals surface area contributed by atoms with E-state index in [0.29, 0.717) is 11.8 Å². The number of halogens is 4. The van der Waals surface area contributed by atoms with Gasteiger partial charge in [0.25, 0.3) is 0 Å². The topological polar surface area (TPSA) is 56.2 Å². The summed E-state index contributed by atoms with van der Waals surface area (Å²) in [5.41, 5.74) is 5.50. The van der Waals surface area contributed by atoms with Crippen molar-refractivity contribution in [1.82, 2.24) is 9.66 Å². The van der Waals surface area contributed by atoms with Gasteiger partial charge in [-0.1, -0.05) is 0 Å². The molecular weight excluding hydrogens is 325 g/mol. The van der Waals surface area contributed by atoms with Gasteiger partial charge in [0.15, 0.2) is 11.6 Å². The lowest BCUT2D eigenvalue weighted by atomic mass is 10.2. The van der Waals surface area contributed by atoms with E-state index in [1.54, 1.807) is 6.92 Å². The highest BCUT2D eigenvalue weighted by Crippen LogP contribution is 2.23. The Hall–Kier alpha value is -1.83. The van der Waals surface area contributed by atoms with Crippen molar-refractivity contribution in [3.8, 4) is 0 Å². The van der Waals surface area contributed by atoms with Crippen LogP contribution in [0.3, 0.4) is 0 Å². The molecule has 1 heterocycles. The van der Waals surface area contributed by atoms with E-state index in [4.69, 9.17) is 5.73 Å². The van der Waals surface area contributed by atoms with Crippen LogP contribution in [0.1, 0.15) is 11.3 Å². The Morgan fingerprint density at radius 3 is 2.63 bits per heavy atom. The maximum atomic E-state index is 13.7. The first-order valence-corrected chi connectivity index (χ1v) is 5.88. The van der Waals surface area contributed by atoms with E-state index in [1.165, 1.54) is 6.20 Å². The molecule has 0 spiro atoms. The van der Waals surface area contributed by atoms with Crippen molar-refractivity contribution in [2.45, 2.75) is 6.92 Å². The summed E-state index contributed by atoms with van der Waals surface area (Å²) in [5.74, 6) is -3.38. The van der Waals surface area contributed by atoms with Crippen molar-refractivity contribution in [2.75, 3.05) is 5.73 Å². The van der Waals surface area contributed by atoms with Gasteiger partial charge in [0.1, 0.15) is 5.82 Å². The van der Waals surface area contributed by atoms with Crippen LogP contribution < -0.4 is 5.73 Å². The van der Waals surface area contributed by atoms with Gasteiger partial charge in [-0.15, -0.1) is 0 Å². The van der Waals surface area contributed by atoms with Crippen molar-refractivity contribution < 1.29 is 13.2 Å². The molecule has 1 aromatic carbocycles. The van der Waals surface area contributed by atoms with Gasteiger partial charge in [-0.3, -0.25) is 0 Å². The predicted octanol–water partition coefficient (Wildman–Crippen LogP) is 2.84. The summed E-state index contributed by atoms with van der Waals surface area (Å²) in [5, 5.41) is 3.74. The van der Waals surface area contributed by atoms with Gasteiger partial charge in [-0.25, -0.2) is 22.8 Å². The first-order valence-electron chi connectivity index (χ1n) is 5.09. The molecule has 0 amide bonds. The van der Waals surface area contributed by atoms with Crippen LogP contribution in [0, 0.1) is 24.4 Å². The van der Waals surface area contributed by atoms with Crippen molar-refractivity contribution in [2.24, 2.45) is 5.10 Å². The molecule has 4 nitrogen and oxygen atoms in total. The second kappa shape index (κ2) is 5.04. The third kappa shape index (κ3) is 2.62. The molecule has 0 unspecified atom stereocenters. The van der Waals surface area contributed by atoms with Crippen LogP contribution in [0.15, 0.2) is 21.8 Å². The van der Waals surface area contributed by atoms with Crippen LogP contribution in [0.5, 0.6) is 0 Å². The third-order valence-corrected chi connectivity index (χ3v) is 2.87. The predicted molar refractivity (Wildman–Crippen MR) is 68.4 cm³/mol. The first-order chi connectivity index (χ1) is 8.90. The largest absolute Gasteiger partial charge is 0.368 e. The average Bonchev–Trinajstić information content (AvgIpc) is 2.65. The van der Waals surface area contributed by atoms with E-state index < -0.39 is 23.0 Å². The zero-order chi connectivity index (χ0) is 14.2. The Morgan fingerprint density at radius 1 is 1.37 bits per heavy atom. The molecular formula is C11H8BrF3N4. The van der Waals surface area contributed by atoms with E-state index in [2.05, 4.69) is 26.0 Å². The second-order valence-corrected chi connectivity index (χ2v) is 4.57. The summed E-state index contributed by atoms with van der Waals surface area (Å²) in [7, 11) is 0. The molecule has 0 aliphatic rings. The molecule has 0 saturated heterocycles. The van der Waals surface area contributed by atoms with Gasteiger partial charge in [0.05, 0.1) is 28.1 Å². The van der Waals surface area contributed by atoms with Gasteiger partial charge in [-0.2, -0.15) is 5.10 Å². The molecule has 2 N–H and O–H groups in total. The van der Waals surface area contributed by atoms with Gasteiger partial charge >= 0.3 is 0 Å². The molecule has 0 fully saturated rings. The minimum absolute atomic E-state index is 0.0602. The zero-order valence-corrected chi connectivity index (χ0v) is 11.2. The summed E-state index contributed by atoms with van der Waals surface area (Å²) < 4.78 is 41.2. The number of nitrogen functional groups attached to an aromatic ring is 1. The third-order valence-electron chi connectivity index (χ3n) is 2.29. The quantitative estimate of drug-likeness (QED) is 0.679. The van der Waals surface area contributed by atoms with E-state index in [9.17, 15) is 13.2 Å². The fourth-order valence-corrected chi connectivity index (χ4v) is 1.84. The average molecular weight is 333 g/mol. The van der Waals surface area contributed by atoms with Crippen LogP contribution in [0.4, 0.5) is 19.1 Å². The van der Waals surface area contributed by atoms with Crippen LogP contribution >= 0.6 is 15.9 Å². The maximum Gasteiger partial charge on any atom is 0.221 e. The minimum atomic E-state index is -1.32. The van der Waals surface area contributed by atoms with Crippen LogP contribution in [0.2, 0.25) is 0 Å². The fourth-order valence-electron chi connectivity index (χ4n) is 1.42. The van der Waals surface area contributed by atoms with Crippen molar-refractivity contribution >= 4 is 28.1 Å². The lowest BCUT2D eigenvalue weighted by Gasteiger charge is -2.03. The number of nitrogens with zero attached hydrogens (tertiary/aromatic N) is 3. The fraction of sp³-hybridized carbons (Fsp3) is 0.0909. The van der Waals surface area contributed by atoms with Crippen LogP contribution in [-0.2, 0) is 0 Å². The van der Waals surface area contributed by atoms with Crippen molar-refractivity contribution in [1.29, 1.82) is 0 Å². The van der Waals surface area contributed by atoms with Crippen LogP contribution in [0.25, 0.3) is 0 Å². The standard InChI is InChI=1S/C11H8BrF3N4/c1-5-4-19(11(16)18-5)17-3-6-9(14)7(12)2-8(13)10(6)15/h2-4H,1H3,(H2,16,18). The zero-order valence-electron chi connectivity index (χ0n) is 9.66. The Bertz CT molecular complexity index is 640. The number of rotatable bonds is 2. The highest BCUT2D eigenvalue weighted by Gasteiger charge is 2.16. The lowest BCUT2D eigenvalue weighted by Crippen LogP contribution is -2.02. The van der Waals surface area contributed by atoms with E-state index in [0.717, 1.165) is 10.9 Å². The van der Waals surface area contributed by atoms with Gasteiger partial charge in [0.2, 0.25) is 5.95 Å². The molecule has 1 aromatic heterocycles. The van der Waals surface area contributed by atoms with Crippen molar-refractivity contribution in [3.05, 3.63) is 45.4 Å². The first kappa shape index (κ1) is 13.6. The molecule has 2 rings (SSSR count). The Morgan fingerprint density at radius 2 is 2.05 bits per heavy atom. The molecule has 0 bridgehead atoms. The van der Waals surface area contributed by atoms with E-state index in [-0.39, 0.29) is 10.4 Å². The molecule has 0 saturated carbocycles. The van der Waals surface area contributed by atoms with E-state index in [1.807, 2.05) is 0 Å². The Labute approximate surface area is 114 Å². The monoisotopic (exact) mass is 332 g/mol. The number of anilines is 1. The number of aryl methyl sites for hydroxylation is 1. The van der Waals surface area contributed by atoms with Gasteiger partial charge < -0.3 is 5.73 Å². The Balaban J connectivity index is 2.47. The highest BCUT2D eigenvalue weighted by atomic mass is 79.9. The maximum absolute atomic E-state index is 13.7. The number of imidazole rings is 1. The number of hydrogen-bond donors (Lipinski definition) is 1. The molecule has 0 aliphatic carbocycles. The number of hydrogen-bond acceptors (Lipinski definition) is 3. The summed E-state index contributed by atoms with van der Waals surface area (Å²) >= 11 is 2.79. The molecule has 0 atom stereocenters. The van der Waals surface area contributed by atoms with Crippen LogP contribution in [-0.4, -0.2) is 15.9 Å². The van der Waals surface area contributed by atoms with E-state index >= 15 is 0 Å². The molecule has 0 radical (unpaired) electrons. The number of aromatic nitrogens is 2. The summed E-state index contributed by atoms with van der Waals surface area (Å²) in [6, 6.07) is 0.706. The summed E-state index contributed by atoms with van der Waals surface area (Å²) in [4.78, 5) is 3.86. The second-order valence-electron chi connectivity index (χ2n) is 3.71. The smallest absolute Gasteiger partial charge is 0.221 e. The van der Waals surface area contributed by atoms with Gasteiger partial charge in [-0.05, 0) is 28.9 Å². The SMILES string of the molecule is Cc1cn(N=Cc2c(F)c(F)cc(Br)c2F)c(N)n1. The minimum Gasteiger partial charge on any atom is -0.368 e. The summed E-state index contributed by atoms with van der Waals surface area (Å²) in [6.07, 6.45) is 2.31. The molecule has 100 valence electrons. The summed E-state index contributed by atoms with van der Waals surface area (Å²) in [6.45, 7) is 1.68. The van der Waals surface area contributed by atoms with Gasteiger partial charge in [0, 0.05) is 0 Å². The normalized spacial score (nSPS) is 11.4. The lowest BCUT2D eigenvalue weighted by molar-refractivity contribution is 0.491. The van der Waals surface area contributed by atoms with Crippen molar-refractivity contribution in [3.63, 3.8) is 0 Å². The Kier molecular flexibility index (Phi) is 3.61. The number of benzene rings is 1. The molecule has 0 aliphatic heterocycles. The molecule has 19 heavy (non-hydrogen) atoms.